The molecule has 0 fully saturated rings. The summed E-state index contributed by atoms with van der Waals surface area (Å²) in [7, 11) is 1.76. The topological polar surface area (TPSA) is 111 Å². The molecule has 2 rings (SSSR count). The summed E-state index contributed by atoms with van der Waals surface area (Å²) in [5, 5.41) is 23.8. The zero-order valence-electron chi connectivity index (χ0n) is 13.2. The molecule has 0 radical (unpaired) electrons. The maximum absolute atomic E-state index is 13.0. The van der Waals surface area contributed by atoms with Crippen molar-refractivity contribution in [1.82, 2.24) is 25.5 Å². The second kappa shape index (κ2) is 8.20. The fraction of sp³-hybridized carbons (Fsp3) is 0.357. The fourth-order valence-electron chi connectivity index (χ4n) is 1.87. The summed E-state index contributed by atoms with van der Waals surface area (Å²) in [6.07, 6.45) is -1.47. The van der Waals surface area contributed by atoms with Crippen molar-refractivity contribution in [1.29, 1.82) is 5.26 Å². The zero-order chi connectivity index (χ0) is 18.3. The number of anilines is 3. The lowest BCUT2D eigenvalue weighted by Crippen LogP contribution is -2.17. The number of aromatic nitrogens is 4. The van der Waals surface area contributed by atoms with E-state index in [4.69, 9.17) is 5.26 Å². The van der Waals surface area contributed by atoms with Crippen LogP contribution in [0.2, 0.25) is 0 Å². The Morgan fingerprint density at radius 2 is 1.92 bits per heavy atom. The van der Waals surface area contributed by atoms with Crippen LogP contribution in [0.25, 0.3) is 0 Å². The predicted molar refractivity (Wildman–Crippen MR) is 84.1 cm³/mol. The number of nitrogens with zero attached hydrogens (tertiary/aromatic N) is 5. The van der Waals surface area contributed by atoms with Crippen molar-refractivity contribution < 1.29 is 13.2 Å². The highest BCUT2D eigenvalue weighted by atomic mass is 19.4. The third-order valence-corrected chi connectivity index (χ3v) is 3.00. The SMILES string of the molecule is CNCCCNc1cc(Nc2cnc(C#N)cn2)nnc1C(F)(F)F. The molecule has 2 aromatic rings. The van der Waals surface area contributed by atoms with Gasteiger partial charge < -0.3 is 16.0 Å². The van der Waals surface area contributed by atoms with E-state index in [-0.39, 0.29) is 23.0 Å². The monoisotopic (exact) mass is 352 g/mol. The van der Waals surface area contributed by atoms with E-state index in [0.29, 0.717) is 19.5 Å². The lowest BCUT2D eigenvalue weighted by Gasteiger charge is -2.14. The third kappa shape index (κ3) is 5.25. The van der Waals surface area contributed by atoms with Crippen LogP contribution in [-0.4, -0.2) is 40.3 Å². The van der Waals surface area contributed by atoms with Crippen LogP contribution in [0.3, 0.4) is 0 Å². The van der Waals surface area contributed by atoms with Crippen LogP contribution >= 0.6 is 0 Å². The van der Waals surface area contributed by atoms with Crippen molar-refractivity contribution in [2.75, 3.05) is 30.8 Å². The Labute approximate surface area is 141 Å². The van der Waals surface area contributed by atoms with E-state index in [1.54, 1.807) is 7.05 Å². The van der Waals surface area contributed by atoms with Crippen LogP contribution < -0.4 is 16.0 Å². The molecule has 0 atom stereocenters. The minimum Gasteiger partial charge on any atom is -0.383 e. The first-order valence-electron chi connectivity index (χ1n) is 7.26. The van der Waals surface area contributed by atoms with Crippen molar-refractivity contribution in [2.24, 2.45) is 0 Å². The average molecular weight is 352 g/mol. The number of alkyl halides is 3. The molecule has 25 heavy (non-hydrogen) atoms. The molecule has 3 N–H and O–H groups in total. The van der Waals surface area contributed by atoms with Crippen LogP contribution in [0.1, 0.15) is 17.8 Å². The molecule has 0 bridgehead atoms. The van der Waals surface area contributed by atoms with Crippen LogP contribution in [0, 0.1) is 11.3 Å². The summed E-state index contributed by atoms with van der Waals surface area (Å²) >= 11 is 0. The molecule has 2 heterocycles. The van der Waals surface area contributed by atoms with E-state index in [0.717, 1.165) is 0 Å². The van der Waals surface area contributed by atoms with Gasteiger partial charge in [0.15, 0.2) is 17.2 Å². The van der Waals surface area contributed by atoms with Gasteiger partial charge in [-0.1, -0.05) is 0 Å². The first kappa shape index (κ1) is 18.3. The quantitative estimate of drug-likeness (QED) is 0.648. The Hall–Kier alpha value is -3.00. The lowest BCUT2D eigenvalue weighted by atomic mass is 10.3. The molecule has 2 aromatic heterocycles. The van der Waals surface area contributed by atoms with Crippen molar-refractivity contribution in [2.45, 2.75) is 12.6 Å². The molecule has 0 aliphatic rings. The number of nitriles is 1. The first-order valence-corrected chi connectivity index (χ1v) is 7.26. The van der Waals surface area contributed by atoms with Gasteiger partial charge in [-0.3, -0.25) is 0 Å². The summed E-state index contributed by atoms with van der Waals surface area (Å²) in [6.45, 7) is 1.00. The smallest absolute Gasteiger partial charge is 0.383 e. The second-order valence-electron chi connectivity index (χ2n) is 4.90. The molecular weight excluding hydrogens is 337 g/mol. The average Bonchev–Trinajstić information content (AvgIpc) is 2.58. The zero-order valence-corrected chi connectivity index (χ0v) is 13.2. The molecule has 11 heteroatoms. The summed E-state index contributed by atoms with van der Waals surface area (Å²) < 4.78 is 39.1. The number of hydrogen-bond acceptors (Lipinski definition) is 8. The van der Waals surface area contributed by atoms with Crippen LogP contribution in [0.4, 0.5) is 30.5 Å². The number of nitrogens with one attached hydrogen (secondary N) is 3. The molecule has 0 saturated carbocycles. The van der Waals surface area contributed by atoms with Crippen LogP contribution in [0.5, 0.6) is 0 Å². The maximum Gasteiger partial charge on any atom is 0.437 e. The Morgan fingerprint density at radius 1 is 1.12 bits per heavy atom. The van der Waals surface area contributed by atoms with Gasteiger partial charge in [-0.05, 0) is 20.0 Å². The third-order valence-electron chi connectivity index (χ3n) is 3.00. The van der Waals surface area contributed by atoms with Crippen molar-refractivity contribution in [3.8, 4) is 6.07 Å². The molecule has 0 amide bonds. The summed E-state index contributed by atoms with van der Waals surface area (Å²) in [4.78, 5) is 7.72. The maximum atomic E-state index is 13.0. The largest absolute Gasteiger partial charge is 0.437 e. The molecule has 0 aromatic carbocycles. The van der Waals surface area contributed by atoms with Gasteiger partial charge >= 0.3 is 6.18 Å². The summed E-state index contributed by atoms with van der Waals surface area (Å²) in [5.41, 5.74) is -1.15. The van der Waals surface area contributed by atoms with Gasteiger partial charge in [0.1, 0.15) is 11.9 Å². The summed E-state index contributed by atoms with van der Waals surface area (Å²) in [5.74, 6) is 0.303. The van der Waals surface area contributed by atoms with Gasteiger partial charge in [-0.2, -0.15) is 18.4 Å². The molecule has 0 aliphatic heterocycles. The van der Waals surface area contributed by atoms with E-state index in [1.165, 1.54) is 18.5 Å². The lowest BCUT2D eigenvalue weighted by molar-refractivity contribution is -0.141. The van der Waals surface area contributed by atoms with E-state index in [9.17, 15) is 13.2 Å². The van der Waals surface area contributed by atoms with Crippen LogP contribution in [0.15, 0.2) is 18.5 Å². The van der Waals surface area contributed by atoms with Gasteiger partial charge in [0.25, 0.3) is 0 Å². The van der Waals surface area contributed by atoms with Crippen molar-refractivity contribution in [3.05, 3.63) is 29.8 Å². The Kier molecular flexibility index (Phi) is 6.02. The van der Waals surface area contributed by atoms with Crippen molar-refractivity contribution in [3.63, 3.8) is 0 Å². The molecule has 132 valence electrons. The van der Waals surface area contributed by atoms with Crippen LogP contribution in [-0.2, 0) is 6.18 Å². The fourth-order valence-corrected chi connectivity index (χ4v) is 1.87. The molecule has 0 unspecified atom stereocenters. The van der Waals surface area contributed by atoms with E-state index in [2.05, 4.69) is 36.1 Å². The highest BCUT2D eigenvalue weighted by molar-refractivity contribution is 5.59. The highest BCUT2D eigenvalue weighted by Gasteiger charge is 2.36. The Morgan fingerprint density at radius 3 is 2.52 bits per heavy atom. The molecule has 0 spiro atoms. The predicted octanol–water partition coefficient (Wildman–Crippen LogP) is 1.92. The highest BCUT2D eigenvalue weighted by Crippen LogP contribution is 2.33. The normalized spacial score (nSPS) is 11.0. The van der Waals surface area contributed by atoms with E-state index in [1.807, 2.05) is 6.07 Å². The molecule has 8 nitrogen and oxygen atoms in total. The van der Waals surface area contributed by atoms with Gasteiger partial charge in [-0.15, -0.1) is 10.2 Å². The number of rotatable bonds is 7. The van der Waals surface area contributed by atoms with Gasteiger partial charge in [-0.25, -0.2) is 9.97 Å². The number of halogens is 3. The van der Waals surface area contributed by atoms with Gasteiger partial charge in [0, 0.05) is 12.6 Å². The molecular formula is C14H15F3N8. The first-order chi connectivity index (χ1) is 11.9. The Bertz CT molecular complexity index is 739. The van der Waals surface area contributed by atoms with Gasteiger partial charge in [0.2, 0.25) is 0 Å². The van der Waals surface area contributed by atoms with Gasteiger partial charge in [0.05, 0.1) is 18.1 Å². The summed E-state index contributed by atoms with van der Waals surface area (Å²) in [6, 6.07) is 3.02. The number of hydrogen-bond donors (Lipinski definition) is 3. The Balaban J connectivity index is 2.19. The minimum atomic E-state index is -4.62. The minimum absolute atomic E-state index is 0.0723. The second-order valence-corrected chi connectivity index (χ2v) is 4.90. The molecule has 0 saturated heterocycles. The van der Waals surface area contributed by atoms with Crippen molar-refractivity contribution >= 4 is 17.3 Å². The van der Waals surface area contributed by atoms with E-state index >= 15 is 0 Å². The molecule has 0 aliphatic carbocycles. The van der Waals surface area contributed by atoms with E-state index < -0.39 is 11.9 Å². The standard InChI is InChI=1S/C14H15F3N8/c1-19-3-2-4-20-10-5-11(24-25-13(10)14(15,16)17)23-12-8-21-9(6-18)7-22-12/h5,7-8,19H,2-4H2,1H3,(H2,20,22,23,24).